The van der Waals surface area contributed by atoms with Gasteiger partial charge in [0, 0.05) is 12.1 Å². The van der Waals surface area contributed by atoms with Gasteiger partial charge in [-0.15, -0.1) is 0 Å². The molecule has 2 atom stereocenters. The summed E-state index contributed by atoms with van der Waals surface area (Å²) in [5, 5.41) is 18.7. The summed E-state index contributed by atoms with van der Waals surface area (Å²) in [4.78, 5) is 11.6. The van der Waals surface area contributed by atoms with Crippen molar-refractivity contribution in [3.63, 3.8) is 0 Å². The molecule has 1 amide bonds. The Kier molecular flexibility index (Phi) is 4.47. The van der Waals surface area contributed by atoms with Gasteiger partial charge in [0.05, 0.1) is 5.92 Å². The Morgan fingerprint density at radius 1 is 1.15 bits per heavy atom. The fourth-order valence-corrected chi connectivity index (χ4v) is 2.09. The minimum absolute atomic E-state index is 0.226. The molecule has 104 valence electrons. The van der Waals surface area contributed by atoms with E-state index in [2.05, 4.69) is 0 Å². The Morgan fingerprint density at radius 3 is 2.25 bits per heavy atom. The highest BCUT2D eigenvalue weighted by atomic mass is 16.8. The largest absolute Gasteiger partial charge is 0.595 e. The van der Waals surface area contributed by atoms with Crippen molar-refractivity contribution in [2.75, 3.05) is 0 Å². The number of nitrogens with two attached hydrogens (primary N) is 1. The molecule has 0 radical (unpaired) electrons. The highest BCUT2D eigenvalue weighted by molar-refractivity contribution is 5.82. The lowest BCUT2D eigenvalue weighted by Gasteiger charge is -2.15. The van der Waals surface area contributed by atoms with Gasteiger partial charge in [0.15, 0.2) is 5.69 Å². The molecule has 2 unspecified atom stereocenters. The predicted octanol–water partition coefficient (Wildman–Crippen LogP) is 0.902. The van der Waals surface area contributed by atoms with Crippen LogP contribution >= 0.6 is 0 Å². The molecule has 0 aromatic heterocycles. The fraction of sp³-hybridized carbons (Fsp3) is 0.133. The third-order valence-electron chi connectivity index (χ3n) is 3.19. The number of hydrogen-bond acceptors (Lipinski definition) is 3. The maximum atomic E-state index is 11.6. The van der Waals surface area contributed by atoms with Crippen molar-refractivity contribution < 1.29 is 15.2 Å². The molecule has 2 aromatic rings. The molecule has 5 nitrogen and oxygen atoms in total. The predicted molar refractivity (Wildman–Crippen MR) is 74.3 cm³/mol. The van der Waals surface area contributed by atoms with Crippen LogP contribution in [0.3, 0.4) is 0 Å². The van der Waals surface area contributed by atoms with Gasteiger partial charge in [0.1, 0.15) is 0 Å². The third-order valence-corrected chi connectivity index (χ3v) is 3.19. The van der Waals surface area contributed by atoms with E-state index in [1.54, 1.807) is 12.1 Å². The minimum Gasteiger partial charge on any atom is -0.595 e. The zero-order valence-electron chi connectivity index (χ0n) is 10.8. The molecule has 0 heterocycles. The van der Waals surface area contributed by atoms with Gasteiger partial charge in [0.2, 0.25) is 5.91 Å². The average molecular weight is 272 g/mol. The van der Waals surface area contributed by atoms with Crippen molar-refractivity contribution in [2.45, 2.75) is 12.3 Å². The van der Waals surface area contributed by atoms with Crippen LogP contribution in [0.1, 0.15) is 17.0 Å². The maximum Gasteiger partial charge on any atom is 0.225 e. The monoisotopic (exact) mass is 272 g/mol. The molecule has 0 bridgehead atoms. The smallest absolute Gasteiger partial charge is 0.225 e. The maximum absolute atomic E-state index is 11.6. The molecule has 2 rings (SSSR count). The molecule has 0 spiro atoms. The fourth-order valence-electron chi connectivity index (χ4n) is 2.09. The average Bonchev–Trinajstić information content (AvgIpc) is 2.46. The van der Waals surface area contributed by atoms with Crippen molar-refractivity contribution in [1.29, 1.82) is 0 Å². The first kappa shape index (κ1) is 14.2. The molecule has 0 aliphatic carbocycles. The van der Waals surface area contributed by atoms with Crippen molar-refractivity contribution in [1.82, 2.24) is 0 Å². The van der Waals surface area contributed by atoms with Crippen molar-refractivity contribution in [2.24, 2.45) is 5.73 Å². The quantitative estimate of drug-likeness (QED) is 0.706. The van der Waals surface area contributed by atoms with E-state index in [1.807, 2.05) is 30.3 Å². The van der Waals surface area contributed by atoms with Crippen molar-refractivity contribution in [3.8, 4) is 0 Å². The Hall–Kier alpha value is -2.21. The number of carbonyl (C=O) groups excluding carboxylic acids is 1. The van der Waals surface area contributed by atoms with Crippen LogP contribution in [0, 0.1) is 5.21 Å². The van der Waals surface area contributed by atoms with Crippen molar-refractivity contribution in [3.05, 3.63) is 70.9 Å². The van der Waals surface area contributed by atoms with Crippen LogP contribution in [0.15, 0.2) is 54.6 Å². The second kappa shape index (κ2) is 6.29. The summed E-state index contributed by atoms with van der Waals surface area (Å²) in [5.41, 5.74) is 7.43. The normalized spacial score (nSPS) is 13.7. The first-order valence-corrected chi connectivity index (χ1v) is 6.24. The Bertz CT molecular complexity index is 567. The van der Waals surface area contributed by atoms with E-state index in [4.69, 9.17) is 10.9 Å². The number of hydrogen-bond donors (Lipinski definition) is 3. The SMILES string of the molecule is NC(=O)C(Cc1ccc([NH+]([O-])O)cc1)c1ccccc1. The Morgan fingerprint density at radius 2 is 1.75 bits per heavy atom. The molecule has 4 N–H and O–H groups in total. The van der Waals surface area contributed by atoms with Crippen molar-refractivity contribution >= 4 is 11.6 Å². The molecule has 0 aliphatic heterocycles. The first-order valence-electron chi connectivity index (χ1n) is 6.24. The zero-order valence-corrected chi connectivity index (χ0v) is 10.8. The van der Waals surface area contributed by atoms with Gasteiger partial charge in [-0.1, -0.05) is 42.5 Å². The summed E-state index contributed by atoms with van der Waals surface area (Å²) in [6.45, 7) is 0. The number of carbonyl (C=O) groups is 1. The second-order valence-corrected chi connectivity index (χ2v) is 4.57. The summed E-state index contributed by atoms with van der Waals surface area (Å²) in [6.07, 6.45) is 0.458. The van der Waals surface area contributed by atoms with Crippen LogP contribution in [0.2, 0.25) is 0 Å². The topological polar surface area (TPSA) is 90.8 Å². The molecular weight excluding hydrogens is 256 g/mol. The molecule has 20 heavy (non-hydrogen) atoms. The number of benzene rings is 2. The van der Waals surface area contributed by atoms with Gasteiger partial charge in [-0.05, 0) is 17.5 Å². The van der Waals surface area contributed by atoms with Gasteiger partial charge >= 0.3 is 0 Å². The van der Waals surface area contributed by atoms with Crippen LogP contribution in [-0.4, -0.2) is 11.1 Å². The van der Waals surface area contributed by atoms with E-state index in [9.17, 15) is 10.0 Å². The standard InChI is InChI=1S/C15H16N2O3/c16-15(18)14(12-4-2-1-3-5-12)10-11-6-8-13(9-7-11)17(19)20/h1-9,14,17,19H,10H2,(H2,16,18). The lowest BCUT2D eigenvalue weighted by Crippen LogP contribution is -2.99. The molecule has 0 saturated carbocycles. The number of nitrogens with one attached hydrogen (secondary N) is 1. The summed E-state index contributed by atoms with van der Waals surface area (Å²) in [5.74, 6) is -0.801. The minimum atomic E-state index is -0.967. The summed E-state index contributed by atoms with van der Waals surface area (Å²) < 4.78 is 0. The van der Waals surface area contributed by atoms with Gasteiger partial charge < -0.3 is 10.9 Å². The molecule has 0 saturated heterocycles. The molecule has 2 aromatic carbocycles. The molecule has 0 fully saturated rings. The zero-order chi connectivity index (χ0) is 14.5. The van der Waals surface area contributed by atoms with Crippen LogP contribution in [0.25, 0.3) is 0 Å². The lowest BCUT2D eigenvalue weighted by molar-refractivity contribution is -0.991. The highest BCUT2D eigenvalue weighted by Crippen LogP contribution is 2.21. The van der Waals surface area contributed by atoms with Crippen LogP contribution < -0.4 is 11.0 Å². The molecule has 0 aliphatic rings. The van der Waals surface area contributed by atoms with E-state index >= 15 is 0 Å². The number of amides is 1. The van der Waals surface area contributed by atoms with E-state index in [-0.39, 0.29) is 5.69 Å². The molecular formula is C15H16N2O3. The van der Waals surface area contributed by atoms with E-state index < -0.39 is 17.1 Å². The number of primary amides is 1. The van der Waals surface area contributed by atoms with Crippen LogP contribution in [0.5, 0.6) is 0 Å². The Balaban J connectivity index is 2.19. The lowest BCUT2D eigenvalue weighted by atomic mass is 9.91. The van der Waals surface area contributed by atoms with E-state index in [1.165, 1.54) is 12.1 Å². The molecule has 5 heteroatoms. The third kappa shape index (κ3) is 3.42. The summed E-state index contributed by atoms with van der Waals surface area (Å²) >= 11 is 0. The van der Waals surface area contributed by atoms with Crippen LogP contribution in [0.4, 0.5) is 5.69 Å². The van der Waals surface area contributed by atoms with E-state index in [0.717, 1.165) is 11.1 Å². The number of quaternary nitrogens is 1. The first-order chi connectivity index (χ1) is 9.58. The highest BCUT2D eigenvalue weighted by Gasteiger charge is 2.18. The van der Waals surface area contributed by atoms with E-state index in [0.29, 0.717) is 6.42 Å². The van der Waals surface area contributed by atoms with Gasteiger partial charge in [0.25, 0.3) is 0 Å². The van der Waals surface area contributed by atoms with Gasteiger partial charge in [-0.25, -0.2) is 5.21 Å². The number of rotatable bonds is 5. The van der Waals surface area contributed by atoms with Gasteiger partial charge in [-0.2, -0.15) is 5.23 Å². The van der Waals surface area contributed by atoms with Crippen LogP contribution in [-0.2, 0) is 11.2 Å². The Labute approximate surface area is 116 Å². The summed E-state index contributed by atoms with van der Waals surface area (Å²) in [6, 6.07) is 15.8. The second-order valence-electron chi connectivity index (χ2n) is 4.57. The summed E-state index contributed by atoms with van der Waals surface area (Å²) in [7, 11) is 0. The van der Waals surface area contributed by atoms with Gasteiger partial charge in [-0.3, -0.25) is 4.79 Å².